The van der Waals surface area contributed by atoms with Crippen LogP contribution in [0.15, 0.2) is 18.3 Å². The lowest BCUT2D eigenvalue weighted by atomic mass is 9.88. The van der Waals surface area contributed by atoms with Crippen LogP contribution in [0.1, 0.15) is 38.2 Å². The van der Waals surface area contributed by atoms with Crippen molar-refractivity contribution >= 4 is 5.82 Å². The molecule has 3 heteroatoms. The lowest BCUT2D eigenvalue weighted by molar-refractivity contribution is -0.0147. The van der Waals surface area contributed by atoms with Gasteiger partial charge in [0.1, 0.15) is 5.82 Å². The third-order valence-corrected chi connectivity index (χ3v) is 4.40. The van der Waals surface area contributed by atoms with E-state index in [0.29, 0.717) is 0 Å². The summed E-state index contributed by atoms with van der Waals surface area (Å²) >= 11 is 0. The van der Waals surface area contributed by atoms with Crippen LogP contribution in [0.2, 0.25) is 0 Å². The predicted molar refractivity (Wildman–Crippen MR) is 73.0 cm³/mol. The molecule has 3 heterocycles. The predicted octanol–water partition coefficient (Wildman–Crippen LogP) is 2.79. The molecule has 1 aromatic heterocycles. The van der Waals surface area contributed by atoms with Crippen molar-refractivity contribution in [3.63, 3.8) is 0 Å². The molecule has 0 unspecified atom stereocenters. The monoisotopic (exact) mass is 246 g/mol. The number of aromatic nitrogens is 1. The highest BCUT2D eigenvalue weighted by Crippen LogP contribution is 2.36. The molecule has 18 heavy (non-hydrogen) atoms. The molecule has 0 aromatic carbocycles. The smallest absolute Gasteiger partial charge is 0.128 e. The first-order valence-corrected chi connectivity index (χ1v) is 7.15. The minimum absolute atomic E-state index is 0.207. The van der Waals surface area contributed by atoms with E-state index in [0.717, 1.165) is 44.8 Å². The van der Waals surface area contributed by atoms with Gasteiger partial charge in [0.15, 0.2) is 0 Å². The van der Waals surface area contributed by atoms with E-state index in [4.69, 9.17) is 4.74 Å². The van der Waals surface area contributed by atoms with E-state index in [1.807, 2.05) is 6.20 Å². The summed E-state index contributed by atoms with van der Waals surface area (Å²) in [6.45, 7) is 5.32. The number of piperidine rings is 1. The van der Waals surface area contributed by atoms with Crippen LogP contribution >= 0.6 is 0 Å². The van der Waals surface area contributed by atoms with Crippen LogP contribution in [0.4, 0.5) is 5.82 Å². The Morgan fingerprint density at radius 3 is 2.83 bits per heavy atom. The van der Waals surface area contributed by atoms with Crippen molar-refractivity contribution < 1.29 is 4.74 Å². The molecule has 0 amide bonds. The number of aryl methyl sites for hydroxylation is 1. The number of hydrogen-bond acceptors (Lipinski definition) is 3. The average Bonchev–Trinajstić information content (AvgIpc) is 2.88. The molecular formula is C15H22N2O. The van der Waals surface area contributed by atoms with Gasteiger partial charge in [0, 0.05) is 25.9 Å². The first-order valence-electron chi connectivity index (χ1n) is 7.15. The van der Waals surface area contributed by atoms with E-state index in [1.165, 1.54) is 18.4 Å². The fraction of sp³-hybridized carbons (Fsp3) is 0.667. The van der Waals surface area contributed by atoms with E-state index in [-0.39, 0.29) is 5.60 Å². The van der Waals surface area contributed by atoms with Crippen LogP contribution in [0.5, 0.6) is 0 Å². The van der Waals surface area contributed by atoms with Crippen molar-refractivity contribution in [1.29, 1.82) is 0 Å². The molecule has 1 spiro atoms. The molecule has 0 N–H and O–H groups in total. The minimum atomic E-state index is 0.207. The Morgan fingerprint density at radius 2 is 2.17 bits per heavy atom. The Bertz CT molecular complexity index is 403. The maximum absolute atomic E-state index is 5.96. The molecule has 3 rings (SSSR count). The third kappa shape index (κ3) is 2.24. The van der Waals surface area contributed by atoms with Crippen LogP contribution in [-0.4, -0.2) is 30.3 Å². The maximum Gasteiger partial charge on any atom is 0.128 e. The Morgan fingerprint density at radius 1 is 1.33 bits per heavy atom. The summed E-state index contributed by atoms with van der Waals surface area (Å²) in [5.74, 6) is 1.14. The van der Waals surface area contributed by atoms with E-state index in [2.05, 4.69) is 28.9 Å². The van der Waals surface area contributed by atoms with Gasteiger partial charge >= 0.3 is 0 Å². The van der Waals surface area contributed by atoms with E-state index in [1.54, 1.807) is 0 Å². The van der Waals surface area contributed by atoms with E-state index in [9.17, 15) is 0 Å². The Hall–Kier alpha value is -1.09. The number of nitrogens with zero attached hydrogens (tertiary/aromatic N) is 2. The van der Waals surface area contributed by atoms with Gasteiger partial charge in [-0.15, -0.1) is 0 Å². The zero-order valence-electron chi connectivity index (χ0n) is 11.2. The van der Waals surface area contributed by atoms with Crippen LogP contribution in [0.25, 0.3) is 0 Å². The lowest BCUT2D eigenvalue weighted by Gasteiger charge is -2.39. The summed E-state index contributed by atoms with van der Waals surface area (Å²) in [5, 5.41) is 0. The number of rotatable bonds is 2. The molecule has 2 fully saturated rings. The van der Waals surface area contributed by atoms with Gasteiger partial charge in [0.25, 0.3) is 0 Å². The second kappa shape index (κ2) is 4.88. The first kappa shape index (κ1) is 12.0. The van der Waals surface area contributed by atoms with Gasteiger partial charge in [-0.2, -0.15) is 0 Å². The van der Waals surface area contributed by atoms with Crippen LogP contribution in [-0.2, 0) is 11.2 Å². The normalized spacial score (nSPS) is 22.6. The molecule has 0 aliphatic carbocycles. The molecule has 2 aliphatic heterocycles. The highest BCUT2D eigenvalue weighted by atomic mass is 16.5. The summed E-state index contributed by atoms with van der Waals surface area (Å²) in [4.78, 5) is 6.92. The standard InChI is InChI=1S/C15H22N2O/c1-2-13-4-8-16-14(12-13)17-9-6-15(7-10-17)5-3-11-18-15/h4,8,12H,2-3,5-7,9-11H2,1H3. The zero-order valence-corrected chi connectivity index (χ0v) is 11.2. The molecule has 0 atom stereocenters. The van der Waals surface area contributed by atoms with Gasteiger partial charge < -0.3 is 9.64 Å². The highest BCUT2D eigenvalue weighted by Gasteiger charge is 2.38. The van der Waals surface area contributed by atoms with Crippen molar-refractivity contribution in [2.45, 2.75) is 44.6 Å². The summed E-state index contributed by atoms with van der Waals surface area (Å²) in [5.41, 5.74) is 1.58. The summed E-state index contributed by atoms with van der Waals surface area (Å²) < 4.78 is 5.96. The van der Waals surface area contributed by atoms with Crippen LogP contribution in [0.3, 0.4) is 0 Å². The van der Waals surface area contributed by atoms with Crippen molar-refractivity contribution in [3.05, 3.63) is 23.9 Å². The quantitative estimate of drug-likeness (QED) is 0.802. The third-order valence-electron chi connectivity index (χ3n) is 4.40. The summed E-state index contributed by atoms with van der Waals surface area (Å²) in [7, 11) is 0. The largest absolute Gasteiger partial charge is 0.375 e. The second-order valence-electron chi connectivity index (χ2n) is 5.50. The second-order valence-corrected chi connectivity index (χ2v) is 5.50. The molecule has 0 saturated carbocycles. The Labute approximate surface area is 109 Å². The van der Waals surface area contributed by atoms with Crippen LogP contribution in [0, 0.1) is 0 Å². The summed E-state index contributed by atoms with van der Waals surface area (Å²) in [6, 6.07) is 4.34. The lowest BCUT2D eigenvalue weighted by Crippen LogP contribution is -2.44. The van der Waals surface area contributed by atoms with Crippen molar-refractivity contribution in [2.24, 2.45) is 0 Å². The van der Waals surface area contributed by atoms with Gasteiger partial charge in [0.05, 0.1) is 5.60 Å². The molecule has 0 bridgehead atoms. The number of pyridine rings is 1. The van der Waals surface area contributed by atoms with Gasteiger partial charge in [0.2, 0.25) is 0 Å². The zero-order chi connectivity index (χ0) is 12.4. The van der Waals surface area contributed by atoms with Gasteiger partial charge in [-0.25, -0.2) is 4.98 Å². The Kier molecular flexibility index (Phi) is 3.25. The first-order chi connectivity index (χ1) is 8.81. The topological polar surface area (TPSA) is 25.4 Å². The molecule has 98 valence electrons. The minimum Gasteiger partial charge on any atom is -0.375 e. The number of anilines is 1. The molecule has 2 saturated heterocycles. The van der Waals surface area contributed by atoms with Gasteiger partial charge in [-0.3, -0.25) is 0 Å². The van der Waals surface area contributed by atoms with Crippen LogP contribution < -0.4 is 4.90 Å². The van der Waals surface area contributed by atoms with E-state index >= 15 is 0 Å². The fourth-order valence-corrected chi connectivity index (χ4v) is 3.15. The van der Waals surface area contributed by atoms with E-state index < -0.39 is 0 Å². The summed E-state index contributed by atoms with van der Waals surface area (Å²) in [6.07, 6.45) is 7.82. The molecule has 2 aliphatic rings. The number of ether oxygens (including phenoxy) is 1. The van der Waals surface area contributed by atoms with Crippen molar-refractivity contribution in [1.82, 2.24) is 4.98 Å². The fourth-order valence-electron chi connectivity index (χ4n) is 3.15. The SMILES string of the molecule is CCc1ccnc(N2CCC3(CCCO3)CC2)c1. The van der Waals surface area contributed by atoms with Gasteiger partial charge in [-0.05, 0) is 49.8 Å². The van der Waals surface area contributed by atoms with Gasteiger partial charge in [-0.1, -0.05) is 6.92 Å². The molecule has 1 aromatic rings. The van der Waals surface area contributed by atoms with Crippen molar-refractivity contribution in [2.75, 3.05) is 24.6 Å². The molecular weight excluding hydrogens is 224 g/mol. The maximum atomic E-state index is 5.96. The molecule has 0 radical (unpaired) electrons. The Balaban J connectivity index is 1.68. The van der Waals surface area contributed by atoms with Crippen molar-refractivity contribution in [3.8, 4) is 0 Å². The highest BCUT2D eigenvalue weighted by molar-refractivity contribution is 5.41. The number of hydrogen-bond donors (Lipinski definition) is 0. The average molecular weight is 246 g/mol. The molecule has 3 nitrogen and oxygen atoms in total.